The number of carbonyl (C=O) groups is 2. The lowest BCUT2D eigenvalue weighted by Crippen LogP contribution is -2.23. The summed E-state index contributed by atoms with van der Waals surface area (Å²) in [6, 6.07) is 19.0. The molecule has 0 amide bonds. The lowest BCUT2D eigenvalue weighted by atomic mass is 9.77. The average molecular weight is 266 g/mol. The van der Waals surface area contributed by atoms with Crippen LogP contribution in [0.5, 0.6) is 0 Å². The zero-order chi connectivity index (χ0) is 14.5. The van der Waals surface area contributed by atoms with Crippen LogP contribution < -0.4 is 0 Å². The zero-order valence-corrected chi connectivity index (χ0v) is 11.7. The second kappa shape index (κ2) is 6.29. The summed E-state index contributed by atoms with van der Waals surface area (Å²) in [6.45, 7) is 3.10. The maximum Gasteiger partial charge on any atom is 0.138 e. The molecule has 0 bridgehead atoms. The predicted octanol–water partition coefficient (Wildman–Crippen LogP) is 3.73. The van der Waals surface area contributed by atoms with Crippen molar-refractivity contribution in [2.45, 2.75) is 25.7 Å². The first-order valence-electron chi connectivity index (χ1n) is 6.72. The van der Waals surface area contributed by atoms with Crippen LogP contribution in [0, 0.1) is 0 Å². The molecule has 0 aliphatic rings. The lowest BCUT2D eigenvalue weighted by Gasteiger charge is -2.24. The van der Waals surface area contributed by atoms with E-state index >= 15 is 0 Å². The van der Waals surface area contributed by atoms with Gasteiger partial charge in [-0.05, 0) is 25.0 Å². The fraction of sp³-hybridized carbons (Fsp3) is 0.222. The van der Waals surface area contributed by atoms with Gasteiger partial charge >= 0.3 is 0 Å². The third kappa shape index (κ3) is 3.02. The quantitative estimate of drug-likeness (QED) is 0.826. The molecule has 2 aromatic rings. The minimum Gasteiger partial charge on any atom is -0.299 e. The molecule has 0 saturated heterocycles. The highest BCUT2D eigenvalue weighted by Gasteiger charge is 2.31. The standard InChI is InChI=1S/C18H18O2/c1-13(19)17(15-9-5-3-6-10-15)18(14(2)20)16-11-7-4-8-12-16/h3-12,17-18H,1-2H3. The number of benzene rings is 2. The summed E-state index contributed by atoms with van der Waals surface area (Å²) in [5.41, 5.74) is 1.79. The van der Waals surface area contributed by atoms with E-state index in [4.69, 9.17) is 0 Å². The van der Waals surface area contributed by atoms with Gasteiger partial charge in [-0.15, -0.1) is 0 Å². The minimum absolute atomic E-state index is 0.0141. The van der Waals surface area contributed by atoms with Crippen molar-refractivity contribution in [2.75, 3.05) is 0 Å². The Morgan fingerprint density at radius 2 is 0.950 bits per heavy atom. The van der Waals surface area contributed by atoms with Gasteiger partial charge in [-0.2, -0.15) is 0 Å². The Morgan fingerprint density at radius 1 is 0.650 bits per heavy atom. The zero-order valence-electron chi connectivity index (χ0n) is 11.7. The highest BCUT2D eigenvalue weighted by atomic mass is 16.1. The molecule has 0 fully saturated rings. The molecule has 102 valence electrons. The van der Waals surface area contributed by atoms with Crippen molar-refractivity contribution in [1.82, 2.24) is 0 Å². The van der Waals surface area contributed by atoms with Gasteiger partial charge in [0.2, 0.25) is 0 Å². The normalized spacial score (nSPS) is 13.5. The SMILES string of the molecule is CC(=O)C(c1ccccc1)C(C(C)=O)c1ccccc1. The van der Waals surface area contributed by atoms with Crippen molar-refractivity contribution in [3.8, 4) is 0 Å². The Morgan fingerprint density at radius 3 is 1.20 bits per heavy atom. The number of ketones is 2. The number of carbonyl (C=O) groups excluding carboxylic acids is 2. The van der Waals surface area contributed by atoms with Crippen LogP contribution in [0.3, 0.4) is 0 Å². The number of Topliss-reactive ketones (excluding diaryl/α,β-unsaturated/α-hetero) is 2. The number of rotatable bonds is 5. The molecule has 0 saturated carbocycles. The molecule has 2 unspecified atom stereocenters. The second-order valence-electron chi connectivity index (χ2n) is 5.00. The van der Waals surface area contributed by atoms with E-state index in [0.29, 0.717) is 0 Å². The fourth-order valence-electron chi connectivity index (χ4n) is 2.64. The molecule has 2 nitrogen and oxygen atoms in total. The van der Waals surface area contributed by atoms with Gasteiger partial charge in [0.25, 0.3) is 0 Å². The predicted molar refractivity (Wildman–Crippen MR) is 79.7 cm³/mol. The second-order valence-corrected chi connectivity index (χ2v) is 5.00. The molecule has 2 atom stereocenters. The van der Waals surface area contributed by atoms with Gasteiger partial charge < -0.3 is 0 Å². The van der Waals surface area contributed by atoms with E-state index in [-0.39, 0.29) is 11.6 Å². The monoisotopic (exact) mass is 266 g/mol. The topological polar surface area (TPSA) is 34.1 Å². The van der Waals surface area contributed by atoms with Crippen molar-refractivity contribution in [3.63, 3.8) is 0 Å². The molecule has 0 N–H and O–H groups in total. The van der Waals surface area contributed by atoms with Crippen LogP contribution >= 0.6 is 0 Å². The van der Waals surface area contributed by atoms with Crippen molar-refractivity contribution < 1.29 is 9.59 Å². The summed E-state index contributed by atoms with van der Waals surface area (Å²) in [4.78, 5) is 24.2. The molecule has 2 heteroatoms. The van der Waals surface area contributed by atoms with Crippen LogP contribution in [-0.2, 0) is 9.59 Å². The lowest BCUT2D eigenvalue weighted by molar-refractivity contribution is -0.125. The molecule has 0 radical (unpaired) electrons. The van der Waals surface area contributed by atoms with Crippen LogP contribution in [0.2, 0.25) is 0 Å². The van der Waals surface area contributed by atoms with Gasteiger partial charge in [-0.3, -0.25) is 9.59 Å². The van der Waals surface area contributed by atoms with Crippen LogP contribution in [0.4, 0.5) is 0 Å². The van der Waals surface area contributed by atoms with Gasteiger partial charge in [0.05, 0.1) is 11.8 Å². The molecular weight excluding hydrogens is 248 g/mol. The van der Waals surface area contributed by atoms with Crippen molar-refractivity contribution in [2.24, 2.45) is 0 Å². The van der Waals surface area contributed by atoms with Gasteiger partial charge in [0.1, 0.15) is 11.6 Å². The first-order chi connectivity index (χ1) is 9.61. The Balaban J connectivity index is 2.50. The van der Waals surface area contributed by atoms with Gasteiger partial charge in [-0.25, -0.2) is 0 Å². The number of hydrogen-bond acceptors (Lipinski definition) is 2. The van der Waals surface area contributed by atoms with E-state index < -0.39 is 11.8 Å². The first-order valence-corrected chi connectivity index (χ1v) is 6.72. The summed E-state index contributed by atoms with van der Waals surface area (Å²) in [5, 5.41) is 0. The summed E-state index contributed by atoms with van der Waals surface area (Å²) in [5.74, 6) is -0.812. The van der Waals surface area contributed by atoms with E-state index in [9.17, 15) is 9.59 Å². The van der Waals surface area contributed by atoms with E-state index in [1.165, 1.54) is 0 Å². The summed E-state index contributed by atoms with van der Waals surface area (Å²) < 4.78 is 0. The van der Waals surface area contributed by atoms with Crippen LogP contribution in [0.1, 0.15) is 36.8 Å². The molecule has 0 spiro atoms. The summed E-state index contributed by atoms with van der Waals surface area (Å²) in [6.07, 6.45) is 0. The van der Waals surface area contributed by atoms with Crippen molar-refractivity contribution in [3.05, 3.63) is 71.8 Å². The van der Waals surface area contributed by atoms with Crippen LogP contribution in [0.25, 0.3) is 0 Å². The summed E-state index contributed by atoms with van der Waals surface area (Å²) in [7, 11) is 0. The summed E-state index contributed by atoms with van der Waals surface area (Å²) >= 11 is 0. The maximum absolute atomic E-state index is 12.1. The third-order valence-electron chi connectivity index (χ3n) is 3.53. The van der Waals surface area contributed by atoms with Gasteiger partial charge in [0, 0.05) is 0 Å². The molecule has 2 aromatic carbocycles. The molecule has 0 aromatic heterocycles. The first kappa shape index (κ1) is 14.2. The number of hydrogen-bond donors (Lipinski definition) is 0. The van der Waals surface area contributed by atoms with Crippen molar-refractivity contribution in [1.29, 1.82) is 0 Å². The Kier molecular flexibility index (Phi) is 4.46. The minimum atomic E-state index is -0.420. The van der Waals surface area contributed by atoms with E-state index in [2.05, 4.69) is 0 Å². The smallest absolute Gasteiger partial charge is 0.138 e. The average Bonchev–Trinajstić information content (AvgIpc) is 2.45. The molecular formula is C18H18O2. The Labute approximate surface area is 119 Å². The largest absolute Gasteiger partial charge is 0.299 e. The maximum atomic E-state index is 12.1. The highest BCUT2D eigenvalue weighted by Crippen LogP contribution is 2.34. The Bertz CT molecular complexity index is 532. The van der Waals surface area contributed by atoms with E-state index in [1.807, 2.05) is 60.7 Å². The molecule has 0 aliphatic heterocycles. The molecule has 20 heavy (non-hydrogen) atoms. The van der Waals surface area contributed by atoms with Crippen LogP contribution in [0.15, 0.2) is 60.7 Å². The van der Waals surface area contributed by atoms with Crippen molar-refractivity contribution >= 4 is 11.6 Å². The fourth-order valence-corrected chi connectivity index (χ4v) is 2.64. The van der Waals surface area contributed by atoms with Crippen LogP contribution in [-0.4, -0.2) is 11.6 Å². The molecule has 2 rings (SSSR count). The third-order valence-corrected chi connectivity index (χ3v) is 3.53. The van der Waals surface area contributed by atoms with Gasteiger partial charge in [0.15, 0.2) is 0 Å². The van der Waals surface area contributed by atoms with Gasteiger partial charge in [-0.1, -0.05) is 60.7 Å². The Hall–Kier alpha value is -2.22. The molecule has 0 heterocycles. The molecule has 0 aliphatic carbocycles. The van der Waals surface area contributed by atoms with E-state index in [0.717, 1.165) is 11.1 Å². The van der Waals surface area contributed by atoms with E-state index in [1.54, 1.807) is 13.8 Å². The highest BCUT2D eigenvalue weighted by molar-refractivity contribution is 5.94.